The molecule has 0 aromatic heterocycles. The molecule has 0 radical (unpaired) electrons. The molecule has 0 amide bonds. The van der Waals surface area contributed by atoms with Crippen LogP contribution in [0.1, 0.15) is 5.56 Å². The lowest BCUT2D eigenvalue weighted by atomic mass is 10.2. The summed E-state index contributed by atoms with van der Waals surface area (Å²) in [5, 5.41) is 9.25. The molecule has 0 aliphatic rings. The lowest BCUT2D eigenvalue weighted by Crippen LogP contribution is -2.14. The zero-order chi connectivity index (χ0) is 17.6. The molecule has 7 heteroatoms. The van der Waals surface area contributed by atoms with Gasteiger partial charge in [0.2, 0.25) is 0 Å². The molecule has 0 bridgehead atoms. The third-order valence-electron chi connectivity index (χ3n) is 3.17. The Labute approximate surface area is 141 Å². The molecular weight excluding hydrogens is 328 g/mol. The highest BCUT2D eigenvalue weighted by atomic mass is 32.2. The van der Waals surface area contributed by atoms with Crippen molar-refractivity contribution in [1.29, 1.82) is 5.26 Å². The standard InChI is InChI=1S/C17H16N2O4S/c1-22-15-9-7-14(8-10-15)19-24(20,21)16(12-18)11-13-5-3-4-6-17(13)23-2/h3-11,19H,1-2H3/b16-11+. The average molecular weight is 344 g/mol. The summed E-state index contributed by atoms with van der Waals surface area (Å²) in [6, 6.07) is 14.9. The molecule has 0 spiro atoms. The number of hydrogen-bond donors (Lipinski definition) is 1. The van der Waals surface area contributed by atoms with Crippen LogP contribution in [0, 0.1) is 11.3 Å². The van der Waals surface area contributed by atoms with Crippen molar-refractivity contribution in [3.8, 4) is 17.6 Å². The minimum Gasteiger partial charge on any atom is -0.497 e. The van der Waals surface area contributed by atoms with E-state index >= 15 is 0 Å². The zero-order valence-electron chi connectivity index (χ0n) is 13.2. The highest BCUT2D eigenvalue weighted by Gasteiger charge is 2.18. The fraction of sp³-hybridized carbons (Fsp3) is 0.118. The number of sulfonamides is 1. The van der Waals surface area contributed by atoms with Gasteiger partial charge in [-0.3, -0.25) is 4.72 Å². The summed E-state index contributed by atoms with van der Waals surface area (Å²) in [5.74, 6) is 1.08. The summed E-state index contributed by atoms with van der Waals surface area (Å²) >= 11 is 0. The van der Waals surface area contributed by atoms with Crippen molar-refractivity contribution in [2.45, 2.75) is 0 Å². The van der Waals surface area contributed by atoms with E-state index in [-0.39, 0.29) is 0 Å². The van der Waals surface area contributed by atoms with E-state index in [1.807, 2.05) is 0 Å². The normalized spacial score (nSPS) is 11.5. The number of allylic oxidation sites excluding steroid dienone is 1. The summed E-state index contributed by atoms with van der Waals surface area (Å²) in [7, 11) is -1.02. The molecule has 2 aromatic rings. The molecule has 0 saturated carbocycles. The van der Waals surface area contributed by atoms with Gasteiger partial charge in [0.05, 0.1) is 14.2 Å². The van der Waals surface area contributed by atoms with Crippen LogP contribution in [0.3, 0.4) is 0 Å². The van der Waals surface area contributed by atoms with Gasteiger partial charge in [0.15, 0.2) is 4.91 Å². The first kappa shape index (κ1) is 17.4. The first-order valence-electron chi connectivity index (χ1n) is 6.92. The predicted octanol–water partition coefficient (Wildman–Crippen LogP) is 3.01. The second kappa shape index (κ2) is 7.53. The van der Waals surface area contributed by atoms with Crippen LogP contribution < -0.4 is 14.2 Å². The Morgan fingerprint density at radius 3 is 2.33 bits per heavy atom. The van der Waals surface area contributed by atoms with Gasteiger partial charge in [-0.2, -0.15) is 5.26 Å². The van der Waals surface area contributed by atoms with E-state index in [1.165, 1.54) is 20.3 Å². The lowest BCUT2D eigenvalue weighted by molar-refractivity contribution is 0.414. The van der Waals surface area contributed by atoms with Gasteiger partial charge < -0.3 is 9.47 Å². The smallest absolute Gasteiger partial charge is 0.272 e. The Kier molecular flexibility index (Phi) is 5.45. The number of anilines is 1. The second-order valence-electron chi connectivity index (χ2n) is 4.70. The van der Waals surface area contributed by atoms with Crippen molar-refractivity contribution in [3.05, 3.63) is 59.0 Å². The monoisotopic (exact) mass is 344 g/mol. The third-order valence-corrected chi connectivity index (χ3v) is 4.46. The maximum absolute atomic E-state index is 12.4. The molecule has 0 saturated heterocycles. The van der Waals surface area contributed by atoms with E-state index < -0.39 is 14.9 Å². The molecule has 0 fully saturated rings. The van der Waals surface area contributed by atoms with Crippen LogP contribution in [0.5, 0.6) is 11.5 Å². The van der Waals surface area contributed by atoms with Crippen LogP contribution in [0.4, 0.5) is 5.69 Å². The Bertz CT molecular complexity index is 882. The Morgan fingerprint density at radius 1 is 1.08 bits per heavy atom. The van der Waals surface area contributed by atoms with Gasteiger partial charge in [-0.1, -0.05) is 18.2 Å². The first-order chi connectivity index (χ1) is 11.5. The van der Waals surface area contributed by atoms with E-state index in [2.05, 4.69) is 4.72 Å². The summed E-state index contributed by atoms with van der Waals surface area (Å²) in [6.07, 6.45) is 1.27. The summed E-state index contributed by atoms with van der Waals surface area (Å²) in [5.41, 5.74) is 0.827. The van der Waals surface area contributed by atoms with Gasteiger partial charge in [-0.25, -0.2) is 8.42 Å². The minimum absolute atomic E-state index is 0.331. The molecule has 0 atom stereocenters. The van der Waals surface area contributed by atoms with Gasteiger partial charge in [0, 0.05) is 11.3 Å². The maximum atomic E-state index is 12.4. The van der Waals surface area contributed by atoms with Gasteiger partial charge >= 0.3 is 0 Å². The largest absolute Gasteiger partial charge is 0.497 e. The SMILES string of the molecule is COc1ccc(NS(=O)(=O)/C(C#N)=C/c2ccccc2OC)cc1. The average Bonchev–Trinajstić information content (AvgIpc) is 2.60. The summed E-state index contributed by atoms with van der Waals surface area (Å²) in [4.78, 5) is -0.414. The van der Waals surface area contributed by atoms with Gasteiger partial charge in [0.1, 0.15) is 17.6 Å². The van der Waals surface area contributed by atoms with Crippen LogP contribution >= 0.6 is 0 Å². The van der Waals surface area contributed by atoms with Gasteiger partial charge in [-0.05, 0) is 36.4 Å². The van der Waals surface area contributed by atoms with E-state index in [0.717, 1.165) is 0 Å². The van der Waals surface area contributed by atoms with Gasteiger partial charge in [0.25, 0.3) is 10.0 Å². The second-order valence-corrected chi connectivity index (χ2v) is 6.35. The molecule has 124 valence electrons. The molecule has 2 aromatic carbocycles. The van der Waals surface area contributed by atoms with Crippen LogP contribution in [0.2, 0.25) is 0 Å². The fourth-order valence-electron chi connectivity index (χ4n) is 1.97. The maximum Gasteiger partial charge on any atom is 0.272 e. The lowest BCUT2D eigenvalue weighted by Gasteiger charge is -2.09. The van der Waals surface area contributed by atoms with Crippen molar-refractivity contribution in [3.63, 3.8) is 0 Å². The number of methoxy groups -OCH3 is 2. The molecule has 1 N–H and O–H groups in total. The van der Waals surface area contributed by atoms with Gasteiger partial charge in [-0.15, -0.1) is 0 Å². The zero-order valence-corrected chi connectivity index (χ0v) is 14.0. The Hall–Kier alpha value is -2.98. The predicted molar refractivity (Wildman–Crippen MR) is 92.1 cm³/mol. The molecule has 2 rings (SSSR count). The molecule has 0 unspecified atom stereocenters. The molecule has 6 nitrogen and oxygen atoms in total. The van der Waals surface area contributed by atoms with Crippen molar-refractivity contribution in [2.24, 2.45) is 0 Å². The number of nitrogens with zero attached hydrogens (tertiary/aromatic N) is 1. The van der Waals surface area contributed by atoms with E-state index in [4.69, 9.17) is 9.47 Å². The Morgan fingerprint density at radius 2 is 1.75 bits per heavy atom. The summed E-state index contributed by atoms with van der Waals surface area (Å²) in [6.45, 7) is 0. The molecule has 24 heavy (non-hydrogen) atoms. The minimum atomic E-state index is -4.01. The van der Waals surface area contributed by atoms with Crippen molar-refractivity contribution in [1.82, 2.24) is 0 Å². The molecule has 0 heterocycles. The number of rotatable bonds is 6. The Balaban J connectivity index is 2.34. The van der Waals surface area contributed by atoms with E-state index in [0.29, 0.717) is 22.7 Å². The molecule has 0 aliphatic heterocycles. The third kappa shape index (κ3) is 4.06. The highest BCUT2D eigenvalue weighted by Crippen LogP contribution is 2.23. The number of hydrogen-bond acceptors (Lipinski definition) is 5. The number of benzene rings is 2. The van der Waals surface area contributed by atoms with Crippen LogP contribution in [0.25, 0.3) is 6.08 Å². The number of nitriles is 1. The fourth-order valence-corrected chi connectivity index (χ4v) is 2.92. The number of nitrogens with one attached hydrogen (secondary N) is 1. The van der Waals surface area contributed by atoms with Crippen LogP contribution in [-0.2, 0) is 10.0 Å². The summed E-state index contributed by atoms with van der Waals surface area (Å²) < 4.78 is 37.4. The number of ether oxygens (including phenoxy) is 2. The number of para-hydroxylation sites is 1. The van der Waals surface area contributed by atoms with Crippen molar-refractivity contribution >= 4 is 21.8 Å². The van der Waals surface area contributed by atoms with E-state index in [1.54, 1.807) is 54.6 Å². The highest BCUT2D eigenvalue weighted by molar-refractivity contribution is 7.96. The van der Waals surface area contributed by atoms with E-state index in [9.17, 15) is 13.7 Å². The van der Waals surface area contributed by atoms with Crippen LogP contribution in [0.15, 0.2) is 53.4 Å². The van der Waals surface area contributed by atoms with Crippen LogP contribution in [-0.4, -0.2) is 22.6 Å². The molecule has 0 aliphatic carbocycles. The molecular formula is C17H16N2O4S. The van der Waals surface area contributed by atoms with Crippen molar-refractivity contribution < 1.29 is 17.9 Å². The quantitative estimate of drug-likeness (QED) is 0.814. The topological polar surface area (TPSA) is 88.4 Å². The van der Waals surface area contributed by atoms with Crippen molar-refractivity contribution in [2.75, 3.05) is 18.9 Å². The first-order valence-corrected chi connectivity index (χ1v) is 8.40.